The maximum atomic E-state index is 8.06. The van der Waals surface area contributed by atoms with E-state index in [1.54, 1.807) is 10.1 Å². The summed E-state index contributed by atoms with van der Waals surface area (Å²) in [5.74, 6) is 0. The van der Waals surface area contributed by atoms with Gasteiger partial charge in [-0.25, -0.2) is 0 Å². The standard InChI is InChI=1S/Al.Fe.OSi.2O/c;;1-2;;/q+3;2*+2;2*-2. The maximum absolute atomic E-state index is 8.06. The first-order valence-corrected chi connectivity index (χ1v) is 0.612. The van der Waals surface area contributed by atoms with Crippen LogP contribution in [0.2, 0.25) is 0 Å². The molecule has 0 aromatic heterocycles. The van der Waals surface area contributed by atoms with Gasteiger partial charge in [0.25, 0.3) is 0 Å². The van der Waals surface area contributed by atoms with Gasteiger partial charge in [-0.3, -0.25) is 0 Å². The van der Waals surface area contributed by atoms with Gasteiger partial charge in [0.2, 0.25) is 0 Å². The van der Waals surface area contributed by atoms with E-state index in [1.165, 1.54) is 0 Å². The van der Waals surface area contributed by atoms with Crippen molar-refractivity contribution >= 4 is 27.5 Å². The third kappa shape index (κ3) is 81.2. The molecule has 0 N–H and O–H groups in total. The summed E-state index contributed by atoms with van der Waals surface area (Å²) in [6.07, 6.45) is 0. The van der Waals surface area contributed by atoms with Crippen LogP contribution in [-0.2, 0) is 32.5 Å². The topological polar surface area (TPSA) is 74.1 Å². The van der Waals surface area contributed by atoms with Gasteiger partial charge in [-0.15, -0.1) is 0 Å². The summed E-state index contributed by atoms with van der Waals surface area (Å²) in [6, 6.07) is 0. The van der Waals surface area contributed by atoms with E-state index in [4.69, 9.17) is 4.46 Å². The molecule has 6 heteroatoms. The zero-order valence-electron chi connectivity index (χ0n) is 2.66. The monoisotopic (exact) mass is 159 g/mol. The molecule has 0 atom stereocenters. The molecule has 0 saturated heterocycles. The average molecular weight is 159 g/mol. The molecule has 0 radical (unpaired) electrons. The first-order chi connectivity index (χ1) is 1.00. The molecule has 0 fully saturated rings. The van der Waals surface area contributed by atoms with E-state index < -0.39 is 0 Å². The Morgan fingerprint density at radius 1 is 1.00 bits per heavy atom. The fourth-order valence-electron chi connectivity index (χ4n) is 0. The molecule has 0 bridgehead atoms. The third-order valence-electron chi connectivity index (χ3n) is 0. The van der Waals surface area contributed by atoms with Crippen LogP contribution >= 0.6 is 0 Å². The Morgan fingerprint density at radius 2 is 1.00 bits per heavy atom. The minimum Gasteiger partial charge on any atom is -2.00 e. The van der Waals surface area contributed by atoms with Crippen LogP contribution in [0.3, 0.4) is 0 Å². The quantitative estimate of drug-likeness (QED) is 0.412. The van der Waals surface area contributed by atoms with Crippen molar-refractivity contribution in [1.82, 2.24) is 0 Å². The van der Waals surface area contributed by atoms with Crippen molar-refractivity contribution in [3.63, 3.8) is 0 Å². The van der Waals surface area contributed by atoms with Crippen molar-refractivity contribution in [2.75, 3.05) is 0 Å². The van der Waals surface area contributed by atoms with E-state index in [2.05, 4.69) is 0 Å². The van der Waals surface area contributed by atoms with Gasteiger partial charge in [-0.1, -0.05) is 0 Å². The Hall–Kier alpha value is 0.989. The Kier molecular flexibility index (Phi) is 1610. The first kappa shape index (κ1) is 63.4. The van der Waals surface area contributed by atoms with Gasteiger partial charge in [0, 0.05) is 0 Å². The van der Waals surface area contributed by atoms with Crippen LogP contribution < -0.4 is 0 Å². The summed E-state index contributed by atoms with van der Waals surface area (Å²) in [6.45, 7) is 0. The van der Waals surface area contributed by atoms with Gasteiger partial charge in [0.15, 0.2) is 0 Å². The predicted molar refractivity (Wildman–Crippen MR) is 13.6 cm³/mol. The van der Waals surface area contributed by atoms with Crippen molar-refractivity contribution < 1.29 is 32.5 Å². The van der Waals surface area contributed by atoms with Crippen LogP contribution in [0.25, 0.3) is 0 Å². The van der Waals surface area contributed by atoms with Crippen LogP contribution in [0, 0.1) is 0 Å². The molecule has 0 rings (SSSR count). The van der Waals surface area contributed by atoms with E-state index >= 15 is 0 Å². The fourth-order valence-corrected chi connectivity index (χ4v) is 0. The molecule has 0 aliphatic heterocycles. The second-order valence-electron chi connectivity index (χ2n) is 0. The molecule has 0 spiro atoms. The largest absolute Gasteiger partial charge is 3.00 e. The van der Waals surface area contributed by atoms with E-state index in [0.29, 0.717) is 0 Å². The molecule has 6 heavy (non-hydrogen) atoms. The molecule has 0 aliphatic rings. The van der Waals surface area contributed by atoms with Gasteiger partial charge >= 0.3 is 49.0 Å². The molecule has 0 aliphatic carbocycles. The van der Waals surface area contributed by atoms with E-state index in [9.17, 15) is 0 Å². The minimum atomic E-state index is 0. The average Bonchev–Trinajstić information content (AvgIpc) is 1.00. The molecule has 0 aromatic rings. The Morgan fingerprint density at radius 3 is 1.00 bits per heavy atom. The zero-order chi connectivity index (χ0) is 2.00. The Labute approximate surface area is 60.2 Å². The summed E-state index contributed by atoms with van der Waals surface area (Å²) < 4.78 is 8.06. The SMILES string of the molecule is O=[Si+2].[Al+3].[Fe+2].[O-2].[O-2]. The fraction of sp³-hybridized carbons (Fsp3) is 0. The normalized spacial score (nSPS) is 1.00. The molecular weight excluding hydrogens is 159 g/mol. The van der Waals surface area contributed by atoms with Gasteiger partial charge in [0.1, 0.15) is 0 Å². The van der Waals surface area contributed by atoms with Crippen LogP contribution in [0.1, 0.15) is 0 Å². The van der Waals surface area contributed by atoms with Gasteiger partial charge < -0.3 is 11.0 Å². The molecule has 30 valence electrons. The van der Waals surface area contributed by atoms with Crippen LogP contribution in [0.15, 0.2) is 0 Å². The summed E-state index contributed by atoms with van der Waals surface area (Å²) in [7, 11) is 1.72. The zero-order valence-corrected chi connectivity index (χ0v) is 5.91. The van der Waals surface area contributed by atoms with Crippen LogP contribution in [0.4, 0.5) is 0 Å². The smallest absolute Gasteiger partial charge is 2.00 e. The summed E-state index contributed by atoms with van der Waals surface area (Å²) in [5, 5.41) is 0. The van der Waals surface area contributed by atoms with Crippen LogP contribution in [0.5, 0.6) is 0 Å². The van der Waals surface area contributed by atoms with E-state index in [0.717, 1.165) is 0 Å². The molecular formula is AlFeO3Si+3. The summed E-state index contributed by atoms with van der Waals surface area (Å²) in [4.78, 5) is 0. The Bertz CT molecular complexity index is 10.8. The maximum Gasteiger partial charge on any atom is 3.00 e. The predicted octanol–water partition coefficient (Wildman–Crippen LogP) is -1.12. The minimum absolute atomic E-state index is 0. The molecule has 0 aromatic carbocycles. The summed E-state index contributed by atoms with van der Waals surface area (Å²) >= 11 is 0. The van der Waals surface area contributed by atoms with Crippen molar-refractivity contribution in [2.24, 2.45) is 0 Å². The van der Waals surface area contributed by atoms with Crippen molar-refractivity contribution in [3.8, 4) is 0 Å². The molecule has 0 amide bonds. The third-order valence-corrected chi connectivity index (χ3v) is 0. The van der Waals surface area contributed by atoms with Crippen molar-refractivity contribution in [1.29, 1.82) is 0 Å². The molecule has 0 heterocycles. The first-order valence-electron chi connectivity index (χ1n) is 0.204. The second-order valence-corrected chi connectivity index (χ2v) is 0. The number of hydrogen-bond acceptors (Lipinski definition) is 1. The Balaban J connectivity index is -0.000000000833. The molecule has 0 saturated carbocycles. The molecule has 3 nitrogen and oxygen atoms in total. The van der Waals surface area contributed by atoms with E-state index in [-0.39, 0.29) is 45.4 Å². The van der Waals surface area contributed by atoms with Crippen molar-refractivity contribution in [2.45, 2.75) is 0 Å². The van der Waals surface area contributed by atoms with Gasteiger partial charge in [-0.2, -0.15) is 0 Å². The van der Waals surface area contributed by atoms with Gasteiger partial charge in [0.05, 0.1) is 0 Å². The second kappa shape index (κ2) is 152. The number of hydrogen-bond donors (Lipinski definition) is 0. The van der Waals surface area contributed by atoms with Crippen molar-refractivity contribution in [3.05, 3.63) is 0 Å². The summed E-state index contributed by atoms with van der Waals surface area (Å²) in [5.41, 5.74) is 0. The molecule has 0 unspecified atom stereocenters. The number of rotatable bonds is 0. The van der Waals surface area contributed by atoms with Gasteiger partial charge in [-0.05, 0) is 0 Å². The van der Waals surface area contributed by atoms with Crippen LogP contribution in [-0.4, -0.2) is 27.5 Å². The van der Waals surface area contributed by atoms with E-state index in [1.807, 2.05) is 0 Å².